The van der Waals surface area contributed by atoms with Crippen molar-refractivity contribution < 1.29 is 17.9 Å². The zero-order valence-electron chi connectivity index (χ0n) is 13.3. The molecule has 0 unspecified atom stereocenters. The molecule has 9 heteroatoms. The van der Waals surface area contributed by atoms with Gasteiger partial charge in [0.05, 0.1) is 25.5 Å². The van der Waals surface area contributed by atoms with E-state index < -0.39 is 10.0 Å². The monoisotopic (exact) mass is 419 g/mol. The number of amides is 1. The van der Waals surface area contributed by atoms with Crippen LogP contribution >= 0.6 is 15.9 Å². The van der Waals surface area contributed by atoms with E-state index in [4.69, 9.17) is 4.74 Å². The van der Waals surface area contributed by atoms with Gasteiger partial charge in [-0.05, 0) is 17.7 Å². The van der Waals surface area contributed by atoms with E-state index in [1.165, 1.54) is 0 Å². The van der Waals surface area contributed by atoms with Crippen molar-refractivity contribution in [3.8, 4) is 0 Å². The molecule has 1 saturated heterocycles. The van der Waals surface area contributed by atoms with Crippen molar-refractivity contribution >= 4 is 31.9 Å². The number of hydrogen-bond donors (Lipinski definition) is 2. The van der Waals surface area contributed by atoms with Gasteiger partial charge in [0.15, 0.2) is 0 Å². The van der Waals surface area contributed by atoms with Gasteiger partial charge in [0.25, 0.3) is 0 Å². The molecule has 0 bridgehead atoms. The van der Waals surface area contributed by atoms with Crippen LogP contribution in [0, 0.1) is 0 Å². The minimum atomic E-state index is -3.54. The van der Waals surface area contributed by atoms with Crippen LogP contribution in [0.15, 0.2) is 28.7 Å². The van der Waals surface area contributed by atoms with E-state index in [0.717, 1.165) is 24.1 Å². The van der Waals surface area contributed by atoms with Crippen LogP contribution in [0.1, 0.15) is 5.56 Å². The molecule has 1 heterocycles. The van der Waals surface area contributed by atoms with Gasteiger partial charge in [-0.25, -0.2) is 13.1 Å². The van der Waals surface area contributed by atoms with Crippen LogP contribution in [-0.4, -0.2) is 65.2 Å². The number of benzene rings is 1. The van der Waals surface area contributed by atoms with Gasteiger partial charge in [0, 0.05) is 30.7 Å². The summed E-state index contributed by atoms with van der Waals surface area (Å²) in [6, 6.07) is 7.02. The third kappa shape index (κ3) is 7.27. The molecule has 2 N–H and O–H groups in total. The summed E-state index contributed by atoms with van der Waals surface area (Å²) in [6.45, 7) is 4.12. The largest absolute Gasteiger partial charge is 0.379 e. The lowest BCUT2D eigenvalue weighted by Gasteiger charge is -2.26. The molecule has 0 atom stereocenters. The van der Waals surface area contributed by atoms with Crippen molar-refractivity contribution in [3.05, 3.63) is 34.3 Å². The first-order valence-electron chi connectivity index (χ1n) is 7.73. The Labute approximate surface area is 150 Å². The fourth-order valence-corrected chi connectivity index (χ4v) is 3.62. The Hall–Kier alpha value is -1.00. The summed E-state index contributed by atoms with van der Waals surface area (Å²) < 4.78 is 32.4. The second-order valence-electron chi connectivity index (χ2n) is 5.51. The van der Waals surface area contributed by atoms with Gasteiger partial charge in [-0.2, -0.15) is 0 Å². The Morgan fingerprint density at radius 2 is 1.88 bits per heavy atom. The Kier molecular flexibility index (Phi) is 7.63. The highest BCUT2D eigenvalue weighted by Gasteiger charge is 2.14. The lowest BCUT2D eigenvalue weighted by atomic mass is 10.2. The standard InChI is InChI=1S/C15H22BrN3O4S/c16-14-3-1-13(2-4-14)12-24(21,22)18-11-15(20)17-5-6-19-7-9-23-10-8-19/h1-4,18H,5-12H2,(H,17,20). The molecule has 1 amide bonds. The molecule has 0 aliphatic carbocycles. The summed E-state index contributed by atoms with van der Waals surface area (Å²) >= 11 is 3.30. The molecule has 0 spiro atoms. The second-order valence-corrected chi connectivity index (χ2v) is 8.23. The molecule has 0 saturated carbocycles. The average molecular weight is 420 g/mol. The number of carbonyl (C=O) groups excluding carboxylic acids is 1. The minimum Gasteiger partial charge on any atom is -0.379 e. The minimum absolute atomic E-state index is 0.151. The molecule has 134 valence electrons. The van der Waals surface area contributed by atoms with Crippen molar-refractivity contribution in [2.45, 2.75) is 5.75 Å². The van der Waals surface area contributed by atoms with Crippen molar-refractivity contribution in [2.75, 3.05) is 45.9 Å². The van der Waals surface area contributed by atoms with Crippen molar-refractivity contribution in [1.82, 2.24) is 14.9 Å². The number of nitrogens with one attached hydrogen (secondary N) is 2. The molecule has 2 rings (SSSR count). The predicted octanol–water partition coefficient (Wildman–Crippen LogP) is 0.317. The number of morpholine rings is 1. The van der Waals surface area contributed by atoms with Crippen LogP contribution in [0.2, 0.25) is 0 Å². The molecular formula is C15H22BrN3O4S. The summed E-state index contributed by atoms with van der Waals surface area (Å²) in [5.74, 6) is -0.482. The van der Waals surface area contributed by atoms with E-state index in [2.05, 4.69) is 30.9 Å². The molecule has 7 nitrogen and oxygen atoms in total. The third-order valence-electron chi connectivity index (χ3n) is 3.58. The van der Waals surface area contributed by atoms with Crippen LogP contribution in [0.5, 0.6) is 0 Å². The number of sulfonamides is 1. The molecule has 0 radical (unpaired) electrons. The van der Waals surface area contributed by atoms with Gasteiger partial charge >= 0.3 is 0 Å². The van der Waals surface area contributed by atoms with E-state index in [1.807, 2.05) is 0 Å². The summed E-state index contributed by atoms with van der Waals surface area (Å²) in [7, 11) is -3.54. The topological polar surface area (TPSA) is 87.7 Å². The van der Waals surface area contributed by atoms with Gasteiger partial charge in [-0.1, -0.05) is 28.1 Å². The Morgan fingerprint density at radius 3 is 2.54 bits per heavy atom. The summed E-state index contributed by atoms with van der Waals surface area (Å²) in [5.41, 5.74) is 0.665. The predicted molar refractivity (Wildman–Crippen MR) is 95.0 cm³/mol. The van der Waals surface area contributed by atoms with E-state index >= 15 is 0 Å². The smallest absolute Gasteiger partial charge is 0.235 e. The maximum Gasteiger partial charge on any atom is 0.235 e. The van der Waals surface area contributed by atoms with Gasteiger partial charge in [0.2, 0.25) is 15.9 Å². The number of nitrogens with zero attached hydrogens (tertiary/aromatic N) is 1. The van der Waals surface area contributed by atoms with Crippen LogP contribution < -0.4 is 10.0 Å². The van der Waals surface area contributed by atoms with Crippen molar-refractivity contribution in [1.29, 1.82) is 0 Å². The molecule has 1 aromatic carbocycles. The average Bonchev–Trinajstić information content (AvgIpc) is 2.56. The number of ether oxygens (including phenoxy) is 1. The molecule has 1 aliphatic rings. The highest BCUT2D eigenvalue weighted by atomic mass is 79.9. The Bertz CT molecular complexity index is 631. The number of hydrogen-bond acceptors (Lipinski definition) is 5. The van der Waals surface area contributed by atoms with Gasteiger partial charge in [-0.15, -0.1) is 0 Å². The maximum absolute atomic E-state index is 12.0. The summed E-state index contributed by atoms with van der Waals surface area (Å²) in [5, 5.41) is 2.72. The van der Waals surface area contributed by atoms with E-state index in [0.29, 0.717) is 25.3 Å². The zero-order valence-corrected chi connectivity index (χ0v) is 15.7. The first-order valence-corrected chi connectivity index (χ1v) is 10.2. The van der Waals surface area contributed by atoms with Crippen LogP contribution in [0.4, 0.5) is 0 Å². The first-order chi connectivity index (χ1) is 11.4. The van der Waals surface area contributed by atoms with E-state index in [9.17, 15) is 13.2 Å². The number of halogens is 1. The van der Waals surface area contributed by atoms with Crippen LogP contribution in [-0.2, 0) is 25.3 Å². The normalized spacial score (nSPS) is 16.0. The van der Waals surface area contributed by atoms with Crippen molar-refractivity contribution in [3.63, 3.8) is 0 Å². The number of rotatable bonds is 8. The van der Waals surface area contributed by atoms with Gasteiger partial charge in [-0.3, -0.25) is 9.69 Å². The molecule has 1 aliphatic heterocycles. The highest BCUT2D eigenvalue weighted by Crippen LogP contribution is 2.12. The van der Waals surface area contributed by atoms with Gasteiger partial charge < -0.3 is 10.1 Å². The lowest BCUT2D eigenvalue weighted by Crippen LogP contribution is -2.43. The Balaban J connectivity index is 1.67. The van der Waals surface area contributed by atoms with Crippen LogP contribution in [0.3, 0.4) is 0 Å². The number of carbonyl (C=O) groups is 1. The van der Waals surface area contributed by atoms with E-state index in [-0.39, 0.29) is 18.2 Å². The fourth-order valence-electron chi connectivity index (χ4n) is 2.27. The first kappa shape index (κ1) is 19.3. The SMILES string of the molecule is O=C(CNS(=O)(=O)Cc1ccc(Br)cc1)NCCN1CCOCC1. The second kappa shape index (κ2) is 9.47. The summed E-state index contributed by atoms with van der Waals surface area (Å²) in [4.78, 5) is 13.9. The Morgan fingerprint density at radius 1 is 1.21 bits per heavy atom. The molecule has 1 aromatic rings. The van der Waals surface area contributed by atoms with Crippen molar-refractivity contribution in [2.24, 2.45) is 0 Å². The fraction of sp³-hybridized carbons (Fsp3) is 0.533. The van der Waals surface area contributed by atoms with Crippen LogP contribution in [0.25, 0.3) is 0 Å². The molecular weight excluding hydrogens is 398 g/mol. The molecule has 1 fully saturated rings. The molecule has 24 heavy (non-hydrogen) atoms. The maximum atomic E-state index is 12.0. The highest BCUT2D eigenvalue weighted by molar-refractivity contribution is 9.10. The van der Waals surface area contributed by atoms with Gasteiger partial charge in [0.1, 0.15) is 0 Å². The lowest BCUT2D eigenvalue weighted by molar-refractivity contribution is -0.120. The third-order valence-corrected chi connectivity index (χ3v) is 5.40. The quantitative estimate of drug-likeness (QED) is 0.633. The van der Waals surface area contributed by atoms with E-state index in [1.54, 1.807) is 24.3 Å². The summed E-state index contributed by atoms with van der Waals surface area (Å²) in [6.07, 6.45) is 0. The zero-order chi connectivity index (χ0) is 17.4. The molecule has 0 aromatic heterocycles.